The zero-order valence-corrected chi connectivity index (χ0v) is 20.7. The van der Waals surface area contributed by atoms with Crippen LogP contribution in [-0.2, 0) is 9.53 Å². The summed E-state index contributed by atoms with van der Waals surface area (Å²) in [4.78, 5) is 39.6. The van der Waals surface area contributed by atoms with E-state index in [1.807, 2.05) is 13.0 Å². The van der Waals surface area contributed by atoms with E-state index in [0.29, 0.717) is 47.8 Å². The average Bonchev–Trinajstić information content (AvgIpc) is 2.87. The van der Waals surface area contributed by atoms with Gasteiger partial charge in [-0.25, -0.2) is 4.79 Å². The van der Waals surface area contributed by atoms with Gasteiger partial charge in [-0.15, -0.1) is 0 Å². The number of carbonyl (C=O) groups is 3. The zero-order valence-electron chi connectivity index (χ0n) is 20.7. The van der Waals surface area contributed by atoms with Gasteiger partial charge in [-0.2, -0.15) is 0 Å². The molecule has 2 aliphatic rings. The quantitative estimate of drug-likeness (QED) is 0.565. The Morgan fingerprint density at radius 2 is 1.94 bits per heavy atom. The molecule has 3 N–H and O–H groups in total. The highest BCUT2D eigenvalue weighted by Crippen LogP contribution is 2.32. The lowest BCUT2D eigenvalue weighted by atomic mass is 9.94. The normalized spacial score (nSPS) is 21.1. The molecule has 1 saturated heterocycles. The molecule has 4 amide bonds. The summed E-state index contributed by atoms with van der Waals surface area (Å²) in [6, 6.07) is 11.4. The molecule has 10 heteroatoms. The average molecular weight is 497 g/mol. The van der Waals surface area contributed by atoms with Gasteiger partial charge < -0.3 is 35.1 Å². The number of nitrogens with one attached hydrogen (secondary N) is 3. The van der Waals surface area contributed by atoms with Gasteiger partial charge in [0.05, 0.1) is 36.9 Å². The molecule has 3 atom stereocenters. The molecule has 36 heavy (non-hydrogen) atoms. The van der Waals surface area contributed by atoms with Crippen LogP contribution in [0, 0.1) is 0 Å². The van der Waals surface area contributed by atoms with Crippen LogP contribution in [0.25, 0.3) is 0 Å². The fourth-order valence-corrected chi connectivity index (χ4v) is 4.61. The highest BCUT2D eigenvalue weighted by Gasteiger charge is 2.39. The van der Waals surface area contributed by atoms with Crippen LogP contribution in [0.5, 0.6) is 11.5 Å². The van der Waals surface area contributed by atoms with Crippen molar-refractivity contribution < 1.29 is 28.6 Å². The third kappa shape index (κ3) is 5.71. The molecular weight excluding hydrogens is 464 g/mol. The number of hydrogen-bond donors (Lipinski definition) is 3. The first-order chi connectivity index (χ1) is 17.4. The highest BCUT2D eigenvalue weighted by atomic mass is 16.5. The van der Waals surface area contributed by atoms with Crippen molar-refractivity contribution in [1.82, 2.24) is 10.2 Å². The van der Waals surface area contributed by atoms with Gasteiger partial charge in [0.15, 0.2) is 0 Å². The van der Waals surface area contributed by atoms with Crippen LogP contribution < -0.4 is 25.4 Å². The van der Waals surface area contributed by atoms with E-state index in [1.54, 1.807) is 48.3 Å². The van der Waals surface area contributed by atoms with E-state index in [-0.39, 0.29) is 43.1 Å². The fourth-order valence-electron chi connectivity index (χ4n) is 4.61. The highest BCUT2D eigenvalue weighted by molar-refractivity contribution is 6.03. The van der Waals surface area contributed by atoms with E-state index in [0.717, 1.165) is 0 Å². The van der Waals surface area contributed by atoms with Gasteiger partial charge in [0.25, 0.3) is 5.91 Å². The summed E-state index contributed by atoms with van der Waals surface area (Å²) in [6.45, 7) is 2.71. The number of methoxy groups -OCH3 is 1. The number of likely N-dealkylation sites (N-methyl/N-ethyl adjacent to an activating group) is 1. The monoisotopic (exact) mass is 496 g/mol. The molecule has 0 aromatic heterocycles. The summed E-state index contributed by atoms with van der Waals surface area (Å²) >= 11 is 0. The lowest BCUT2D eigenvalue weighted by Crippen LogP contribution is -2.54. The molecule has 10 nitrogen and oxygen atoms in total. The number of rotatable bonds is 6. The SMILES string of the molecule is CCNC(=O)C[C@@H]1CC[C@H]2[C@H](COc3ccc(NC(=O)Nc4ccccc4OC)cc3C(=O)N2C)O1. The van der Waals surface area contributed by atoms with E-state index in [2.05, 4.69) is 16.0 Å². The Morgan fingerprint density at radius 3 is 2.72 bits per heavy atom. The summed E-state index contributed by atoms with van der Waals surface area (Å²) in [5, 5.41) is 8.31. The molecular formula is C26H32N4O6. The minimum Gasteiger partial charge on any atom is -0.495 e. The Balaban J connectivity index is 1.45. The van der Waals surface area contributed by atoms with Crippen molar-refractivity contribution in [2.75, 3.05) is 37.9 Å². The molecule has 0 saturated carbocycles. The topological polar surface area (TPSA) is 118 Å². The number of benzene rings is 2. The molecule has 2 aromatic carbocycles. The number of para-hydroxylation sites is 2. The zero-order chi connectivity index (χ0) is 25.7. The van der Waals surface area contributed by atoms with Crippen molar-refractivity contribution in [3.05, 3.63) is 48.0 Å². The Hall–Kier alpha value is -3.79. The van der Waals surface area contributed by atoms with Gasteiger partial charge in [-0.05, 0) is 50.1 Å². The molecule has 192 valence electrons. The van der Waals surface area contributed by atoms with Gasteiger partial charge in [0.2, 0.25) is 5.91 Å². The minimum absolute atomic E-state index is 0.0442. The van der Waals surface area contributed by atoms with Crippen LogP contribution >= 0.6 is 0 Å². The second kappa shape index (κ2) is 11.3. The van der Waals surface area contributed by atoms with E-state index < -0.39 is 6.03 Å². The fraction of sp³-hybridized carbons (Fsp3) is 0.423. The van der Waals surface area contributed by atoms with Crippen LogP contribution in [0.3, 0.4) is 0 Å². The maximum Gasteiger partial charge on any atom is 0.323 e. The van der Waals surface area contributed by atoms with Gasteiger partial charge in [0.1, 0.15) is 24.2 Å². The molecule has 4 rings (SSSR count). The summed E-state index contributed by atoms with van der Waals surface area (Å²) in [5.41, 5.74) is 1.33. The summed E-state index contributed by atoms with van der Waals surface area (Å²) in [6.07, 6.45) is 1.11. The largest absolute Gasteiger partial charge is 0.495 e. The molecule has 0 aliphatic carbocycles. The first-order valence-electron chi connectivity index (χ1n) is 12.1. The summed E-state index contributed by atoms with van der Waals surface area (Å²) in [5.74, 6) is 0.681. The van der Waals surface area contributed by atoms with Crippen LogP contribution in [-0.4, -0.2) is 68.3 Å². The molecule has 1 fully saturated rings. The molecule has 0 unspecified atom stereocenters. The third-order valence-electron chi connectivity index (χ3n) is 6.41. The first kappa shape index (κ1) is 25.3. The van der Waals surface area contributed by atoms with Gasteiger partial charge >= 0.3 is 6.03 Å². The van der Waals surface area contributed by atoms with Crippen molar-refractivity contribution >= 4 is 29.2 Å². The van der Waals surface area contributed by atoms with Crippen molar-refractivity contribution in [1.29, 1.82) is 0 Å². The van der Waals surface area contributed by atoms with Gasteiger partial charge in [0, 0.05) is 19.3 Å². The van der Waals surface area contributed by atoms with Crippen LogP contribution in [0.15, 0.2) is 42.5 Å². The van der Waals surface area contributed by atoms with E-state index in [4.69, 9.17) is 14.2 Å². The smallest absolute Gasteiger partial charge is 0.323 e. The van der Waals surface area contributed by atoms with Crippen molar-refractivity contribution in [2.24, 2.45) is 0 Å². The van der Waals surface area contributed by atoms with Gasteiger partial charge in [-0.3, -0.25) is 9.59 Å². The number of urea groups is 1. The van der Waals surface area contributed by atoms with E-state index >= 15 is 0 Å². The second-order valence-corrected chi connectivity index (χ2v) is 8.82. The number of nitrogens with zero attached hydrogens (tertiary/aromatic N) is 1. The third-order valence-corrected chi connectivity index (χ3v) is 6.41. The maximum absolute atomic E-state index is 13.4. The molecule has 2 aliphatic heterocycles. The Labute approximate surface area is 210 Å². The molecule has 0 bridgehead atoms. The lowest BCUT2D eigenvalue weighted by molar-refractivity contribution is -0.133. The number of anilines is 2. The van der Waals surface area contributed by atoms with Crippen molar-refractivity contribution in [2.45, 2.75) is 44.4 Å². The van der Waals surface area contributed by atoms with Crippen LogP contribution in [0.2, 0.25) is 0 Å². The molecule has 0 spiro atoms. The van der Waals surface area contributed by atoms with E-state index in [1.165, 1.54) is 7.11 Å². The van der Waals surface area contributed by atoms with Gasteiger partial charge in [-0.1, -0.05) is 12.1 Å². The number of carbonyl (C=O) groups excluding carboxylic acids is 3. The minimum atomic E-state index is -0.467. The van der Waals surface area contributed by atoms with Crippen molar-refractivity contribution in [3.8, 4) is 11.5 Å². The van der Waals surface area contributed by atoms with Crippen LogP contribution in [0.4, 0.5) is 16.2 Å². The first-order valence-corrected chi connectivity index (χ1v) is 12.1. The van der Waals surface area contributed by atoms with Crippen molar-refractivity contribution in [3.63, 3.8) is 0 Å². The van der Waals surface area contributed by atoms with Crippen LogP contribution in [0.1, 0.15) is 36.5 Å². The number of fused-ring (bicyclic) bond motifs is 2. The number of amides is 4. The predicted molar refractivity (Wildman–Crippen MR) is 135 cm³/mol. The van der Waals surface area contributed by atoms with E-state index in [9.17, 15) is 14.4 Å². The molecule has 2 heterocycles. The Bertz CT molecular complexity index is 1120. The standard InChI is InChI=1S/C26H32N4O6/c1-4-27-24(31)14-17-10-11-20-23(36-17)15-35-21-12-9-16(13-18(21)25(32)30(20)2)28-26(33)29-19-7-5-6-8-22(19)34-3/h5-9,12-13,17,20,23H,4,10-11,14-15H2,1-3H3,(H,27,31)(H2,28,29,33)/t17-,20-,23-/m0/s1. The lowest BCUT2D eigenvalue weighted by Gasteiger charge is -2.42. The summed E-state index contributed by atoms with van der Waals surface area (Å²) in [7, 11) is 3.28. The number of hydrogen-bond acceptors (Lipinski definition) is 6. The maximum atomic E-state index is 13.4. The molecule has 0 radical (unpaired) electrons. The molecule has 2 aromatic rings. The Morgan fingerprint density at radius 1 is 1.14 bits per heavy atom. The Kier molecular flexibility index (Phi) is 7.94. The number of ether oxygens (including phenoxy) is 3. The summed E-state index contributed by atoms with van der Waals surface area (Å²) < 4.78 is 17.4. The second-order valence-electron chi connectivity index (χ2n) is 8.82. The predicted octanol–water partition coefficient (Wildman–Crippen LogP) is 3.25.